The SMILES string of the molecule is Cc1ccc2nc(C)c(C(=O)N3CCC4(CCN(CCN5CCOCC5)C4=O)C3)cc2c1. The molecule has 1 atom stereocenters. The van der Waals surface area contributed by atoms with Crippen LogP contribution in [0.2, 0.25) is 0 Å². The molecule has 0 bridgehead atoms. The fraction of sp³-hybridized carbons (Fsp3) is 0.560. The molecule has 0 saturated carbocycles. The Morgan fingerprint density at radius 2 is 1.84 bits per heavy atom. The van der Waals surface area contributed by atoms with E-state index in [9.17, 15) is 9.59 Å². The maximum Gasteiger partial charge on any atom is 0.255 e. The summed E-state index contributed by atoms with van der Waals surface area (Å²) in [6, 6.07) is 8.07. The van der Waals surface area contributed by atoms with E-state index in [1.807, 2.05) is 41.8 Å². The summed E-state index contributed by atoms with van der Waals surface area (Å²) in [5.41, 5.74) is 3.04. The van der Waals surface area contributed by atoms with Gasteiger partial charge in [0.15, 0.2) is 0 Å². The Kier molecular flexibility index (Phi) is 5.63. The summed E-state index contributed by atoms with van der Waals surface area (Å²) in [5.74, 6) is 0.222. The lowest BCUT2D eigenvalue weighted by molar-refractivity contribution is -0.135. The van der Waals surface area contributed by atoms with Crippen molar-refractivity contribution in [3.8, 4) is 0 Å². The summed E-state index contributed by atoms with van der Waals surface area (Å²) in [6.07, 6.45) is 1.59. The number of hydrogen-bond acceptors (Lipinski definition) is 5. The van der Waals surface area contributed by atoms with Gasteiger partial charge in [-0.15, -0.1) is 0 Å². The monoisotopic (exact) mass is 436 g/mol. The van der Waals surface area contributed by atoms with Crippen molar-refractivity contribution < 1.29 is 14.3 Å². The maximum absolute atomic E-state index is 13.4. The van der Waals surface area contributed by atoms with Crippen molar-refractivity contribution in [1.29, 1.82) is 0 Å². The second-order valence-corrected chi connectivity index (χ2v) is 9.57. The molecule has 7 heteroatoms. The summed E-state index contributed by atoms with van der Waals surface area (Å²) in [4.78, 5) is 37.6. The number of carbonyl (C=O) groups is 2. The first kappa shape index (κ1) is 21.3. The van der Waals surface area contributed by atoms with Gasteiger partial charge in [0.2, 0.25) is 5.91 Å². The van der Waals surface area contributed by atoms with Crippen molar-refractivity contribution in [3.05, 3.63) is 41.1 Å². The molecule has 3 saturated heterocycles. The molecular formula is C25H32N4O3. The van der Waals surface area contributed by atoms with Gasteiger partial charge in [-0.1, -0.05) is 11.6 Å². The number of amides is 2. The van der Waals surface area contributed by atoms with Gasteiger partial charge in [-0.2, -0.15) is 0 Å². The van der Waals surface area contributed by atoms with Crippen LogP contribution < -0.4 is 0 Å². The third-order valence-corrected chi connectivity index (χ3v) is 7.42. The number of morpholine rings is 1. The second kappa shape index (κ2) is 8.45. The van der Waals surface area contributed by atoms with Gasteiger partial charge in [-0.3, -0.25) is 19.5 Å². The van der Waals surface area contributed by atoms with Crippen LogP contribution in [0.5, 0.6) is 0 Å². The van der Waals surface area contributed by atoms with Crippen LogP contribution in [0.4, 0.5) is 0 Å². The molecule has 0 radical (unpaired) electrons. The third-order valence-electron chi connectivity index (χ3n) is 7.42. The Labute approximate surface area is 189 Å². The normalized spacial score (nSPS) is 24.2. The number of aromatic nitrogens is 1. The number of carbonyl (C=O) groups excluding carboxylic acids is 2. The van der Waals surface area contributed by atoms with Crippen LogP contribution in [-0.4, -0.2) is 90.5 Å². The summed E-state index contributed by atoms with van der Waals surface area (Å²) in [5, 5.41) is 0.985. The van der Waals surface area contributed by atoms with Gasteiger partial charge in [-0.25, -0.2) is 0 Å². The van der Waals surface area contributed by atoms with Crippen molar-refractivity contribution in [2.24, 2.45) is 5.41 Å². The van der Waals surface area contributed by atoms with Crippen molar-refractivity contribution in [1.82, 2.24) is 19.7 Å². The average Bonchev–Trinajstić information content (AvgIpc) is 3.37. The lowest BCUT2D eigenvalue weighted by Crippen LogP contribution is -2.44. The number of likely N-dealkylation sites (tertiary alicyclic amines) is 2. The molecule has 0 N–H and O–H groups in total. The molecule has 3 aliphatic heterocycles. The number of rotatable bonds is 4. The zero-order valence-electron chi connectivity index (χ0n) is 19.1. The number of ether oxygens (including phenoxy) is 1. The highest BCUT2D eigenvalue weighted by molar-refractivity contribution is 5.99. The average molecular weight is 437 g/mol. The predicted octanol–water partition coefficient (Wildman–Crippen LogP) is 2.25. The number of nitrogens with zero attached hydrogens (tertiary/aromatic N) is 4. The number of aryl methyl sites for hydroxylation is 2. The molecule has 3 fully saturated rings. The molecule has 0 aliphatic carbocycles. The predicted molar refractivity (Wildman–Crippen MR) is 123 cm³/mol. The molecule has 1 aromatic carbocycles. The van der Waals surface area contributed by atoms with E-state index in [2.05, 4.69) is 16.0 Å². The maximum atomic E-state index is 13.4. The van der Waals surface area contributed by atoms with Gasteiger partial charge in [0.25, 0.3) is 5.91 Å². The van der Waals surface area contributed by atoms with Gasteiger partial charge in [-0.05, 0) is 44.9 Å². The van der Waals surface area contributed by atoms with E-state index in [0.717, 1.165) is 80.9 Å². The highest BCUT2D eigenvalue weighted by Crippen LogP contribution is 2.41. The highest BCUT2D eigenvalue weighted by Gasteiger charge is 2.51. The largest absolute Gasteiger partial charge is 0.379 e. The third kappa shape index (κ3) is 3.88. The standard InChI is InChI=1S/C25H32N4O3/c1-18-3-4-22-20(15-18)16-21(19(2)26-22)23(30)29-8-6-25(17-29)5-7-28(24(25)31)10-9-27-11-13-32-14-12-27/h3-4,15-16H,5-14,17H2,1-2H3. The molecule has 5 rings (SSSR count). The molecule has 2 amide bonds. The summed E-state index contributed by atoms with van der Waals surface area (Å²) >= 11 is 0. The van der Waals surface area contributed by atoms with Gasteiger partial charge >= 0.3 is 0 Å². The lowest BCUT2D eigenvalue weighted by Gasteiger charge is -2.29. The van der Waals surface area contributed by atoms with E-state index in [4.69, 9.17) is 4.74 Å². The fourth-order valence-corrected chi connectivity index (χ4v) is 5.40. The molecule has 1 unspecified atom stereocenters. The lowest BCUT2D eigenvalue weighted by atomic mass is 9.85. The first-order chi connectivity index (χ1) is 15.4. The molecule has 32 heavy (non-hydrogen) atoms. The topological polar surface area (TPSA) is 66.0 Å². The van der Waals surface area contributed by atoms with Crippen molar-refractivity contribution in [3.63, 3.8) is 0 Å². The highest BCUT2D eigenvalue weighted by atomic mass is 16.5. The Morgan fingerprint density at radius 1 is 1.06 bits per heavy atom. The first-order valence-electron chi connectivity index (χ1n) is 11.7. The van der Waals surface area contributed by atoms with Crippen LogP contribution in [0.15, 0.2) is 24.3 Å². The molecule has 3 aliphatic rings. The number of hydrogen-bond donors (Lipinski definition) is 0. The van der Waals surface area contributed by atoms with Crippen molar-refractivity contribution >= 4 is 22.7 Å². The second-order valence-electron chi connectivity index (χ2n) is 9.57. The Hall–Kier alpha value is -2.51. The molecule has 1 spiro atoms. The van der Waals surface area contributed by atoms with Gasteiger partial charge in [0, 0.05) is 51.2 Å². The minimum atomic E-state index is -0.407. The van der Waals surface area contributed by atoms with Gasteiger partial charge in [0.1, 0.15) is 0 Å². The number of benzene rings is 1. The molecule has 7 nitrogen and oxygen atoms in total. The molecule has 4 heterocycles. The zero-order chi connectivity index (χ0) is 22.3. The fourth-order valence-electron chi connectivity index (χ4n) is 5.40. The minimum absolute atomic E-state index is 0.00477. The van der Waals surface area contributed by atoms with E-state index in [0.29, 0.717) is 18.7 Å². The minimum Gasteiger partial charge on any atom is -0.379 e. The number of fused-ring (bicyclic) bond motifs is 1. The molecular weight excluding hydrogens is 404 g/mol. The Morgan fingerprint density at radius 3 is 2.66 bits per heavy atom. The van der Waals surface area contributed by atoms with E-state index in [-0.39, 0.29) is 11.8 Å². The summed E-state index contributed by atoms with van der Waals surface area (Å²) in [6.45, 7) is 11.0. The van der Waals surface area contributed by atoms with E-state index in [1.165, 1.54) is 0 Å². The summed E-state index contributed by atoms with van der Waals surface area (Å²) in [7, 11) is 0. The smallest absolute Gasteiger partial charge is 0.255 e. The quantitative estimate of drug-likeness (QED) is 0.736. The molecule has 170 valence electrons. The van der Waals surface area contributed by atoms with Crippen molar-refractivity contribution in [2.45, 2.75) is 26.7 Å². The van der Waals surface area contributed by atoms with Crippen LogP contribution in [0.25, 0.3) is 10.9 Å². The zero-order valence-corrected chi connectivity index (χ0v) is 19.1. The van der Waals surface area contributed by atoms with Crippen LogP contribution in [0, 0.1) is 19.3 Å². The summed E-state index contributed by atoms with van der Waals surface area (Å²) < 4.78 is 5.41. The van der Waals surface area contributed by atoms with Crippen LogP contribution in [-0.2, 0) is 9.53 Å². The van der Waals surface area contributed by atoms with E-state index < -0.39 is 5.41 Å². The van der Waals surface area contributed by atoms with E-state index in [1.54, 1.807) is 0 Å². The molecule has 2 aromatic rings. The number of pyridine rings is 1. The Bertz CT molecular complexity index is 1050. The van der Waals surface area contributed by atoms with Gasteiger partial charge < -0.3 is 14.5 Å². The first-order valence-corrected chi connectivity index (χ1v) is 11.7. The molecule has 1 aromatic heterocycles. The van der Waals surface area contributed by atoms with Crippen molar-refractivity contribution in [2.75, 3.05) is 59.0 Å². The van der Waals surface area contributed by atoms with Crippen LogP contribution >= 0.6 is 0 Å². The van der Waals surface area contributed by atoms with E-state index >= 15 is 0 Å². The van der Waals surface area contributed by atoms with Crippen LogP contribution in [0.3, 0.4) is 0 Å². The van der Waals surface area contributed by atoms with Gasteiger partial charge in [0.05, 0.1) is 35.4 Å². The van der Waals surface area contributed by atoms with Crippen LogP contribution in [0.1, 0.15) is 34.5 Å². The Balaban J connectivity index is 1.27.